The predicted molar refractivity (Wildman–Crippen MR) is 106 cm³/mol. The number of nitrogens with one attached hydrogen (secondary N) is 2. The van der Waals surface area contributed by atoms with E-state index in [0.717, 1.165) is 42.5 Å². The molecule has 0 saturated heterocycles. The van der Waals surface area contributed by atoms with Crippen LogP contribution in [0.25, 0.3) is 11.0 Å². The molecule has 2 aromatic heterocycles. The van der Waals surface area contributed by atoms with E-state index in [1.165, 1.54) is 4.68 Å². The van der Waals surface area contributed by atoms with E-state index in [1.807, 2.05) is 35.9 Å². The number of nitrogens with zero attached hydrogens (tertiary/aromatic N) is 4. The zero-order valence-electron chi connectivity index (χ0n) is 16.1. The SMILES string of the molecule is Cn1nc(C(=O)NCc2nc3ccccc3n2C)cc1NC(=O)C1CCCC1. The van der Waals surface area contributed by atoms with Crippen LogP contribution in [0, 0.1) is 5.92 Å². The van der Waals surface area contributed by atoms with Gasteiger partial charge in [-0.05, 0) is 25.0 Å². The smallest absolute Gasteiger partial charge is 0.272 e. The average Bonchev–Trinajstić information content (AvgIpc) is 3.41. The molecule has 2 N–H and O–H groups in total. The molecule has 146 valence electrons. The summed E-state index contributed by atoms with van der Waals surface area (Å²) < 4.78 is 3.48. The molecule has 4 rings (SSSR count). The van der Waals surface area contributed by atoms with Crippen LogP contribution < -0.4 is 10.6 Å². The van der Waals surface area contributed by atoms with E-state index in [2.05, 4.69) is 20.7 Å². The Morgan fingerprint density at radius 3 is 2.68 bits per heavy atom. The number of imidazole rings is 1. The second kappa shape index (κ2) is 7.46. The van der Waals surface area contributed by atoms with Gasteiger partial charge in [0.2, 0.25) is 5.91 Å². The van der Waals surface area contributed by atoms with Gasteiger partial charge in [-0.1, -0.05) is 25.0 Å². The molecular formula is C20H24N6O2. The van der Waals surface area contributed by atoms with Gasteiger partial charge in [0, 0.05) is 26.1 Å². The quantitative estimate of drug-likeness (QED) is 0.711. The van der Waals surface area contributed by atoms with Crippen LogP contribution in [0.4, 0.5) is 5.82 Å². The Labute approximate surface area is 162 Å². The van der Waals surface area contributed by atoms with Crippen LogP contribution in [-0.2, 0) is 25.4 Å². The van der Waals surface area contributed by atoms with Gasteiger partial charge in [0.1, 0.15) is 11.6 Å². The van der Waals surface area contributed by atoms with Gasteiger partial charge < -0.3 is 15.2 Å². The summed E-state index contributed by atoms with van der Waals surface area (Å²) in [5.41, 5.74) is 2.17. The van der Waals surface area contributed by atoms with Gasteiger partial charge in [-0.15, -0.1) is 0 Å². The third kappa shape index (κ3) is 3.49. The number of benzene rings is 1. The fourth-order valence-corrected chi connectivity index (χ4v) is 3.71. The van der Waals surface area contributed by atoms with Gasteiger partial charge in [0.15, 0.2) is 5.69 Å². The number of amides is 2. The summed E-state index contributed by atoms with van der Waals surface area (Å²) in [5, 5.41) is 9.98. The minimum Gasteiger partial charge on any atom is -0.343 e. The first kappa shape index (κ1) is 18.2. The van der Waals surface area contributed by atoms with E-state index in [-0.39, 0.29) is 23.4 Å². The van der Waals surface area contributed by atoms with E-state index < -0.39 is 0 Å². The summed E-state index contributed by atoms with van der Waals surface area (Å²) in [6.45, 7) is 0.296. The van der Waals surface area contributed by atoms with Crippen molar-refractivity contribution in [3.63, 3.8) is 0 Å². The fraction of sp³-hybridized carbons (Fsp3) is 0.400. The van der Waals surface area contributed by atoms with Crippen LogP contribution in [-0.4, -0.2) is 31.1 Å². The van der Waals surface area contributed by atoms with Gasteiger partial charge in [0.25, 0.3) is 5.91 Å². The Balaban J connectivity index is 1.42. The van der Waals surface area contributed by atoms with Crippen LogP contribution in [0.5, 0.6) is 0 Å². The van der Waals surface area contributed by atoms with Crippen molar-refractivity contribution in [2.45, 2.75) is 32.2 Å². The highest BCUT2D eigenvalue weighted by atomic mass is 16.2. The topological polar surface area (TPSA) is 93.8 Å². The molecule has 0 bridgehead atoms. The molecule has 1 saturated carbocycles. The van der Waals surface area contributed by atoms with Crippen molar-refractivity contribution in [3.8, 4) is 0 Å². The highest BCUT2D eigenvalue weighted by molar-refractivity contribution is 5.96. The first-order valence-corrected chi connectivity index (χ1v) is 9.56. The average molecular weight is 380 g/mol. The molecule has 0 unspecified atom stereocenters. The van der Waals surface area contributed by atoms with E-state index >= 15 is 0 Å². The fourth-order valence-electron chi connectivity index (χ4n) is 3.71. The maximum Gasteiger partial charge on any atom is 0.272 e. The Morgan fingerprint density at radius 2 is 1.93 bits per heavy atom. The Kier molecular flexibility index (Phi) is 4.85. The molecule has 0 radical (unpaired) electrons. The van der Waals surface area contributed by atoms with Crippen LogP contribution in [0.3, 0.4) is 0 Å². The van der Waals surface area contributed by atoms with Crippen molar-refractivity contribution in [1.29, 1.82) is 0 Å². The molecular weight excluding hydrogens is 356 g/mol. The number of hydrogen-bond donors (Lipinski definition) is 2. The number of carbonyl (C=O) groups is 2. The van der Waals surface area contributed by atoms with Crippen LogP contribution in [0.15, 0.2) is 30.3 Å². The molecule has 0 spiro atoms. The monoisotopic (exact) mass is 380 g/mol. The van der Waals surface area contributed by atoms with E-state index in [9.17, 15) is 9.59 Å². The normalized spacial score (nSPS) is 14.5. The summed E-state index contributed by atoms with van der Waals surface area (Å²) in [6, 6.07) is 9.44. The molecule has 3 aromatic rings. The Morgan fingerprint density at radius 1 is 1.18 bits per heavy atom. The number of carbonyl (C=O) groups excluding carboxylic acids is 2. The number of anilines is 1. The van der Waals surface area contributed by atoms with Gasteiger partial charge in [-0.3, -0.25) is 14.3 Å². The number of para-hydroxylation sites is 2. The summed E-state index contributed by atoms with van der Waals surface area (Å²) in [4.78, 5) is 29.4. The van der Waals surface area contributed by atoms with Gasteiger partial charge in [-0.2, -0.15) is 5.10 Å². The van der Waals surface area contributed by atoms with Crippen molar-refractivity contribution in [1.82, 2.24) is 24.6 Å². The lowest BCUT2D eigenvalue weighted by Crippen LogP contribution is -2.25. The van der Waals surface area contributed by atoms with Crippen molar-refractivity contribution < 1.29 is 9.59 Å². The van der Waals surface area contributed by atoms with Gasteiger partial charge >= 0.3 is 0 Å². The van der Waals surface area contributed by atoms with Crippen molar-refractivity contribution in [2.75, 3.05) is 5.32 Å². The van der Waals surface area contributed by atoms with Crippen LogP contribution in [0.1, 0.15) is 42.0 Å². The molecule has 8 nitrogen and oxygen atoms in total. The number of fused-ring (bicyclic) bond motifs is 1. The largest absolute Gasteiger partial charge is 0.343 e. The maximum absolute atomic E-state index is 12.5. The van der Waals surface area contributed by atoms with Crippen LogP contribution in [0.2, 0.25) is 0 Å². The summed E-state index contributed by atoms with van der Waals surface area (Å²) in [6.07, 6.45) is 4.04. The summed E-state index contributed by atoms with van der Waals surface area (Å²) in [5.74, 6) is 1.06. The first-order valence-electron chi connectivity index (χ1n) is 9.56. The Hall–Kier alpha value is -3.16. The lowest BCUT2D eigenvalue weighted by molar-refractivity contribution is -0.119. The maximum atomic E-state index is 12.5. The molecule has 1 aliphatic carbocycles. The van der Waals surface area contributed by atoms with Crippen molar-refractivity contribution in [2.24, 2.45) is 20.0 Å². The highest BCUT2D eigenvalue weighted by Gasteiger charge is 2.24. The lowest BCUT2D eigenvalue weighted by Gasteiger charge is -2.09. The molecule has 2 amide bonds. The first-order chi connectivity index (χ1) is 13.5. The lowest BCUT2D eigenvalue weighted by atomic mass is 10.1. The zero-order valence-corrected chi connectivity index (χ0v) is 16.1. The third-order valence-electron chi connectivity index (χ3n) is 5.38. The number of hydrogen-bond acceptors (Lipinski definition) is 4. The second-order valence-electron chi connectivity index (χ2n) is 7.27. The standard InChI is InChI=1S/C20H24N6O2/c1-25-16-10-6-5-9-14(16)22-18(25)12-21-20(28)15-11-17(26(2)24-15)23-19(27)13-7-3-4-8-13/h5-6,9-11,13H,3-4,7-8,12H2,1-2H3,(H,21,28)(H,23,27). The summed E-state index contributed by atoms with van der Waals surface area (Å²) >= 11 is 0. The molecule has 8 heteroatoms. The number of aryl methyl sites for hydroxylation is 2. The number of rotatable bonds is 5. The number of aromatic nitrogens is 4. The predicted octanol–water partition coefficient (Wildman–Crippen LogP) is 2.37. The molecule has 0 aliphatic heterocycles. The third-order valence-corrected chi connectivity index (χ3v) is 5.38. The van der Waals surface area contributed by atoms with Crippen molar-refractivity contribution >= 4 is 28.7 Å². The molecule has 1 fully saturated rings. The molecule has 2 heterocycles. The molecule has 1 aliphatic rings. The highest BCUT2D eigenvalue weighted by Crippen LogP contribution is 2.26. The van der Waals surface area contributed by atoms with E-state index in [1.54, 1.807) is 13.1 Å². The van der Waals surface area contributed by atoms with E-state index in [4.69, 9.17) is 0 Å². The zero-order chi connectivity index (χ0) is 19.7. The summed E-state index contributed by atoms with van der Waals surface area (Å²) in [7, 11) is 3.64. The van der Waals surface area contributed by atoms with Gasteiger partial charge in [-0.25, -0.2) is 4.98 Å². The second-order valence-corrected chi connectivity index (χ2v) is 7.27. The van der Waals surface area contributed by atoms with Crippen molar-refractivity contribution in [3.05, 3.63) is 41.9 Å². The molecule has 1 aromatic carbocycles. The molecule has 0 atom stereocenters. The Bertz CT molecular complexity index is 1030. The van der Waals surface area contributed by atoms with Gasteiger partial charge in [0.05, 0.1) is 17.6 Å². The van der Waals surface area contributed by atoms with Crippen LogP contribution >= 0.6 is 0 Å². The minimum absolute atomic E-state index is 0.00663. The minimum atomic E-state index is -0.302. The van der Waals surface area contributed by atoms with E-state index in [0.29, 0.717) is 12.4 Å². The molecule has 28 heavy (non-hydrogen) atoms.